The molecule has 0 aromatic heterocycles. The molecule has 0 spiro atoms. The molecule has 2 aliphatic carbocycles. The fourth-order valence-electron chi connectivity index (χ4n) is 5.68. The molecule has 2 bridgehead atoms. The van der Waals surface area contributed by atoms with Gasteiger partial charge in [-0.05, 0) is 72.9 Å². The zero-order valence-corrected chi connectivity index (χ0v) is 20.7. The number of anilines is 1. The van der Waals surface area contributed by atoms with E-state index in [-0.39, 0.29) is 52.4 Å². The highest BCUT2D eigenvalue weighted by Crippen LogP contribution is 2.53. The minimum absolute atomic E-state index is 0.0885. The fourth-order valence-corrected chi connectivity index (χ4v) is 5.68. The molecule has 1 saturated carbocycles. The van der Waals surface area contributed by atoms with Crippen molar-refractivity contribution in [1.29, 1.82) is 0 Å². The van der Waals surface area contributed by atoms with Crippen LogP contribution in [0.2, 0.25) is 0 Å². The number of imide groups is 1. The summed E-state index contributed by atoms with van der Waals surface area (Å²) >= 11 is 0. The molecule has 39 heavy (non-hydrogen) atoms. The van der Waals surface area contributed by atoms with Crippen molar-refractivity contribution in [1.82, 2.24) is 0 Å². The van der Waals surface area contributed by atoms with Crippen LogP contribution >= 0.6 is 0 Å². The van der Waals surface area contributed by atoms with Crippen LogP contribution in [0.1, 0.15) is 37.5 Å². The Hall–Kier alpha value is -4.85. The van der Waals surface area contributed by atoms with Crippen LogP contribution in [0, 0.1) is 23.7 Å². The molecule has 3 aromatic carbocycles. The molecule has 1 heterocycles. The zero-order valence-electron chi connectivity index (χ0n) is 20.7. The third kappa shape index (κ3) is 4.44. The lowest BCUT2D eigenvalue weighted by atomic mass is 9.85. The number of esters is 2. The monoisotopic (exact) mass is 521 g/mol. The lowest BCUT2D eigenvalue weighted by Crippen LogP contribution is -2.33. The summed E-state index contributed by atoms with van der Waals surface area (Å²) < 4.78 is 10.5. The topological polar surface area (TPSA) is 107 Å². The first kappa shape index (κ1) is 24.5. The van der Waals surface area contributed by atoms with Gasteiger partial charge in [0.25, 0.3) is 0 Å². The first-order valence-corrected chi connectivity index (χ1v) is 12.6. The number of nitrogens with zero attached hydrogens (tertiary/aromatic N) is 1. The summed E-state index contributed by atoms with van der Waals surface area (Å²) in [6.07, 6.45) is 4.88. The maximum Gasteiger partial charge on any atom is 0.343 e. The van der Waals surface area contributed by atoms with E-state index in [2.05, 4.69) is 0 Å². The van der Waals surface area contributed by atoms with E-state index < -0.39 is 24.3 Å². The second-order valence-corrected chi connectivity index (χ2v) is 9.84. The Morgan fingerprint density at radius 1 is 0.718 bits per heavy atom. The normalized spacial score (nSPS) is 22.6. The minimum Gasteiger partial charge on any atom is -0.454 e. The molecule has 6 rings (SSSR count). The average molecular weight is 522 g/mol. The van der Waals surface area contributed by atoms with E-state index in [4.69, 9.17) is 9.47 Å². The predicted molar refractivity (Wildman–Crippen MR) is 139 cm³/mol. The first-order valence-electron chi connectivity index (χ1n) is 12.6. The smallest absolute Gasteiger partial charge is 0.343 e. The molecule has 0 radical (unpaired) electrons. The van der Waals surface area contributed by atoms with Crippen LogP contribution in [0.3, 0.4) is 0 Å². The van der Waals surface area contributed by atoms with Gasteiger partial charge in [0, 0.05) is 5.56 Å². The Morgan fingerprint density at radius 3 is 2.03 bits per heavy atom. The molecule has 194 valence electrons. The lowest BCUT2D eigenvalue weighted by molar-refractivity contribution is -0.123. The summed E-state index contributed by atoms with van der Waals surface area (Å²) in [7, 11) is 0. The molecular weight excluding hydrogens is 498 g/mol. The van der Waals surface area contributed by atoms with Gasteiger partial charge in [0.05, 0.1) is 28.7 Å². The second-order valence-electron chi connectivity index (χ2n) is 9.84. The predicted octanol–water partition coefficient (Wildman–Crippen LogP) is 4.26. The lowest BCUT2D eigenvalue weighted by Gasteiger charge is -2.18. The number of hydrogen-bond acceptors (Lipinski definition) is 7. The van der Waals surface area contributed by atoms with Gasteiger partial charge in [-0.25, -0.2) is 14.5 Å². The van der Waals surface area contributed by atoms with Gasteiger partial charge < -0.3 is 9.47 Å². The van der Waals surface area contributed by atoms with Gasteiger partial charge in [-0.15, -0.1) is 0 Å². The highest BCUT2D eigenvalue weighted by atomic mass is 16.5. The molecule has 3 aliphatic rings. The average Bonchev–Trinajstić information content (AvgIpc) is 3.66. The maximum absolute atomic E-state index is 13.1. The zero-order chi connectivity index (χ0) is 27.1. The van der Waals surface area contributed by atoms with Crippen molar-refractivity contribution < 1.29 is 33.4 Å². The quantitative estimate of drug-likeness (QED) is 0.150. The van der Waals surface area contributed by atoms with Crippen molar-refractivity contribution in [3.8, 4) is 5.75 Å². The molecular formula is C31H23NO7. The van der Waals surface area contributed by atoms with Gasteiger partial charge in [-0.1, -0.05) is 36.4 Å². The van der Waals surface area contributed by atoms with Gasteiger partial charge in [0.2, 0.25) is 11.8 Å². The van der Waals surface area contributed by atoms with Crippen molar-refractivity contribution >= 4 is 35.2 Å². The van der Waals surface area contributed by atoms with Crippen molar-refractivity contribution in [2.24, 2.45) is 23.7 Å². The number of ether oxygens (including phenoxy) is 2. The molecule has 1 aliphatic heterocycles. The van der Waals surface area contributed by atoms with Crippen LogP contribution in [0.5, 0.6) is 5.75 Å². The van der Waals surface area contributed by atoms with E-state index in [0.29, 0.717) is 11.3 Å². The number of carbonyl (C=O) groups excluding carboxylic acids is 5. The molecule has 8 nitrogen and oxygen atoms in total. The molecule has 3 aromatic rings. The Bertz CT molecular complexity index is 1500. The van der Waals surface area contributed by atoms with Crippen LogP contribution in [0.25, 0.3) is 0 Å². The Labute approximate surface area is 223 Å². The number of rotatable bonds is 7. The molecule has 4 unspecified atom stereocenters. The van der Waals surface area contributed by atoms with Crippen LogP contribution in [0.15, 0.2) is 91.0 Å². The third-order valence-corrected chi connectivity index (χ3v) is 7.54. The van der Waals surface area contributed by atoms with Crippen molar-refractivity contribution in [2.45, 2.75) is 6.42 Å². The highest BCUT2D eigenvalue weighted by Gasteiger charge is 2.59. The summed E-state index contributed by atoms with van der Waals surface area (Å²) in [4.78, 5) is 64.8. The summed E-state index contributed by atoms with van der Waals surface area (Å²) in [5.74, 6) is -2.41. The molecule has 8 heteroatoms. The van der Waals surface area contributed by atoms with Crippen LogP contribution in [-0.2, 0) is 14.3 Å². The van der Waals surface area contributed by atoms with E-state index in [1.54, 1.807) is 42.5 Å². The number of allylic oxidation sites excluding steroid dienone is 2. The number of hydrogen-bond donors (Lipinski definition) is 0. The van der Waals surface area contributed by atoms with E-state index in [1.165, 1.54) is 41.3 Å². The largest absolute Gasteiger partial charge is 0.454 e. The summed E-state index contributed by atoms with van der Waals surface area (Å²) in [6.45, 7) is -0.507. The number of ketones is 1. The SMILES string of the molecule is O=C(COC(=O)c1cccc(N2C(=O)C3C4C=CC(C4)C3C2=O)c1)c1ccc(OC(=O)c2ccccc2)cc1. The maximum atomic E-state index is 13.1. The first-order chi connectivity index (χ1) is 18.9. The van der Waals surface area contributed by atoms with Gasteiger partial charge in [0.15, 0.2) is 12.4 Å². The van der Waals surface area contributed by atoms with Gasteiger partial charge in [-0.2, -0.15) is 0 Å². The van der Waals surface area contributed by atoms with Gasteiger partial charge in [-0.3, -0.25) is 14.4 Å². The third-order valence-electron chi connectivity index (χ3n) is 7.54. The van der Waals surface area contributed by atoms with Crippen LogP contribution in [0.4, 0.5) is 5.69 Å². The number of fused-ring (bicyclic) bond motifs is 5. The molecule has 0 N–H and O–H groups in total. The Kier molecular flexibility index (Phi) is 6.15. The van der Waals surface area contributed by atoms with Gasteiger partial charge >= 0.3 is 11.9 Å². The van der Waals surface area contributed by atoms with Crippen molar-refractivity contribution in [3.63, 3.8) is 0 Å². The highest BCUT2D eigenvalue weighted by molar-refractivity contribution is 6.23. The minimum atomic E-state index is -0.750. The molecule has 2 amide bonds. The second kappa shape index (κ2) is 9.79. The van der Waals surface area contributed by atoms with Crippen LogP contribution in [-0.4, -0.2) is 36.1 Å². The molecule has 2 fully saturated rings. The van der Waals surface area contributed by atoms with Gasteiger partial charge in [0.1, 0.15) is 5.75 Å². The fraction of sp³-hybridized carbons (Fsp3) is 0.194. The summed E-state index contributed by atoms with van der Waals surface area (Å²) in [5.41, 5.74) is 1.13. The standard InChI is InChI=1S/C31H23NO7/c33-25(18-11-13-24(14-12-18)39-31(37)19-5-2-1-3-6-19)17-38-30(36)22-7-4-8-23(16-22)32-28(34)26-20-9-10-21(15-20)27(26)29(32)35/h1-14,16,20-21,26-27H,15,17H2. The Morgan fingerprint density at radius 2 is 1.36 bits per heavy atom. The molecule has 1 saturated heterocycles. The van der Waals surface area contributed by atoms with Crippen LogP contribution < -0.4 is 9.64 Å². The van der Waals surface area contributed by atoms with E-state index in [9.17, 15) is 24.0 Å². The Balaban J connectivity index is 1.07. The summed E-state index contributed by atoms with van der Waals surface area (Å²) in [5, 5.41) is 0. The number of benzene rings is 3. The van der Waals surface area contributed by atoms with Crippen molar-refractivity contribution in [2.75, 3.05) is 11.5 Å². The molecule has 4 atom stereocenters. The van der Waals surface area contributed by atoms with E-state index in [0.717, 1.165) is 6.42 Å². The number of carbonyl (C=O) groups is 5. The number of Topliss-reactive ketones (excluding diaryl/α,β-unsaturated/α-hetero) is 1. The van der Waals surface area contributed by atoms with E-state index in [1.807, 2.05) is 12.2 Å². The number of amides is 2. The summed E-state index contributed by atoms with van der Waals surface area (Å²) in [6, 6.07) is 20.6. The van der Waals surface area contributed by atoms with E-state index >= 15 is 0 Å². The van der Waals surface area contributed by atoms with Crippen molar-refractivity contribution in [3.05, 3.63) is 108 Å².